The third kappa shape index (κ3) is 5.86. The first-order valence-corrected chi connectivity index (χ1v) is 8.89. The number of methoxy groups -OCH3 is 3. The zero-order valence-electron chi connectivity index (χ0n) is 14.6. The van der Waals surface area contributed by atoms with Crippen molar-refractivity contribution < 1.29 is 19.0 Å². The second kappa shape index (κ2) is 10.3. The van der Waals surface area contributed by atoms with Gasteiger partial charge >= 0.3 is 0 Å². The summed E-state index contributed by atoms with van der Waals surface area (Å²) in [6.07, 6.45) is 2.29. The van der Waals surface area contributed by atoms with Crippen LogP contribution in [0.1, 0.15) is 38.3 Å². The SMILES string of the molecule is CCCCSCC(=O)N[C@@H](C)c1cc(OC)c(OC)c(OC)c1. The highest BCUT2D eigenvalue weighted by Gasteiger charge is 2.17. The van der Waals surface area contributed by atoms with Crippen molar-refractivity contribution in [2.24, 2.45) is 0 Å². The summed E-state index contributed by atoms with van der Waals surface area (Å²) in [6.45, 7) is 4.09. The number of nitrogens with one attached hydrogen (secondary N) is 1. The minimum Gasteiger partial charge on any atom is -0.493 e. The van der Waals surface area contributed by atoms with Crippen molar-refractivity contribution in [3.05, 3.63) is 17.7 Å². The van der Waals surface area contributed by atoms with E-state index in [4.69, 9.17) is 14.2 Å². The number of unbranched alkanes of at least 4 members (excludes halogenated alkanes) is 1. The first-order chi connectivity index (χ1) is 11.1. The molecule has 1 aromatic carbocycles. The number of amides is 1. The first kappa shape index (κ1) is 19.5. The van der Waals surface area contributed by atoms with Crippen LogP contribution in [0.15, 0.2) is 12.1 Å². The van der Waals surface area contributed by atoms with Gasteiger partial charge in [-0.05, 0) is 36.8 Å². The third-order valence-electron chi connectivity index (χ3n) is 3.44. The van der Waals surface area contributed by atoms with Gasteiger partial charge in [-0.1, -0.05) is 13.3 Å². The van der Waals surface area contributed by atoms with Crippen molar-refractivity contribution in [1.82, 2.24) is 5.32 Å². The Bertz CT molecular complexity index is 482. The Balaban J connectivity index is 2.75. The summed E-state index contributed by atoms with van der Waals surface area (Å²) in [6, 6.07) is 3.58. The summed E-state index contributed by atoms with van der Waals surface area (Å²) in [7, 11) is 4.72. The Hall–Kier alpha value is -1.56. The van der Waals surface area contributed by atoms with E-state index in [0.717, 1.165) is 24.2 Å². The van der Waals surface area contributed by atoms with Crippen molar-refractivity contribution >= 4 is 17.7 Å². The van der Waals surface area contributed by atoms with Crippen LogP contribution in [0.5, 0.6) is 17.2 Å². The Morgan fingerprint density at radius 2 is 1.78 bits per heavy atom. The average Bonchev–Trinajstić information content (AvgIpc) is 2.57. The fourth-order valence-corrected chi connectivity index (χ4v) is 3.03. The highest BCUT2D eigenvalue weighted by Crippen LogP contribution is 2.39. The molecule has 5 nitrogen and oxygen atoms in total. The molecule has 0 spiro atoms. The van der Waals surface area contributed by atoms with Crippen LogP contribution in [0, 0.1) is 0 Å². The first-order valence-electron chi connectivity index (χ1n) is 7.74. The van der Waals surface area contributed by atoms with Gasteiger partial charge in [-0.15, -0.1) is 0 Å². The number of hydrogen-bond acceptors (Lipinski definition) is 5. The lowest BCUT2D eigenvalue weighted by atomic mass is 10.1. The molecule has 0 unspecified atom stereocenters. The quantitative estimate of drug-likeness (QED) is 0.661. The molecule has 0 saturated heterocycles. The van der Waals surface area contributed by atoms with E-state index >= 15 is 0 Å². The molecule has 23 heavy (non-hydrogen) atoms. The summed E-state index contributed by atoms with van der Waals surface area (Å²) in [5, 5.41) is 3.00. The highest BCUT2D eigenvalue weighted by atomic mass is 32.2. The summed E-state index contributed by atoms with van der Waals surface area (Å²) < 4.78 is 16.0. The molecule has 0 heterocycles. The Morgan fingerprint density at radius 3 is 2.26 bits per heavy atom. The minimum atomic E-state index is -0.136. The van der Waals surface area contributed by atoms with Crippen LogP contribution in [-0.2, 0) is 4.79 Å². The lowest BCUT2D eigenvalue weighted by Gasteiger charge is -2.18. The normalized spacial score (nSPS) is 11.7. The smallest absolute Gasteiger partial charge is 0.230 e. The topological polar surface area (TPSA) is 56.8 Å². The molecule has 1 atom stereocenters. The van der Waals surface area contributed by atoms with E-state index in [0.29, 0.717) is 23.0 Å². The third-order valence-corrected chi connectivity index (χ3v) is 4.48. The number of carbonyl (C=O) groups excluding carboxylic acids is 1. The van der Waals surface area contributed by atoms with Crippen LogP contribution in [0.25, 0.3) is 0 Å². The Morgan fingerprint density at radius 1 is 1.17 bits per heavy atom. The van der Waals surface area contributed by atoms with Gasteiger partial charge in [0.2, 0.25) is 11.7 Å². The molecule has 6 heteroatoms. The Labute approximate surface area is 143 Å². The van der Waals surface area contributed by atoms with Gasteiger partial charge in [0, 0.05) is 0 Å². The average molecular weight is 341 g/mol. The van der Waals surface area contributed by atoms with Crippen molar-refractivity contribution in [3.63, 3.8) is 0 Å². The molecule has 1 N–H and O–H groups in total. The summed E-state index contributed by atoms with van der Waals surface area (Å²) in [5.74, 6) is 3.25. The molecule has 0 saturated carbocycles. The van der Waals surface area contributed by atoms with E-state index in [2.05, 4.69) is 12.2 Å². The van der Waals surface area contributed by atoms with E-state index in [1.165, 1.54) is 0 Å². The van der Waals surface area contributed by atoms with Gasteiger partial charge < -0.3 is 19.5 Å². The van der Waals surface area contributed by atoms with Gasteiger partial charge in [0.05, 0.1) is 33.1 Å². The molecule has 1 aromatic rings. The van der Waals surface area contributed by atoms with Crippen LogP contribution in [-0.4, -0.2) is 38.7 Å². The predicted octanol–water partition coefficient (Wildman–Crippen LogP) is 3.42. The zero-order chi connectivity index (χ0) is 17.2. The van der Waals surface area contributed by atoms with Crippen LogP contribution in [0.3, 0.4) is 0 Å². The van der Waals surface area contributed by atoms with Gasteiger partial charge in [-0.3, -0.25) is 4.79 Å². The maximum Gasteiger partial charge on any atom is 0.230 e. The van der Waals surface area contributed by atoms with Crippen molar-refractivity contribution in [2.45, 2.75) is 32.7 Å². The summed E-state index contributed by atoms with van der Waals surface area (Å²) in [5.41, 5.74) is 0.909. The minimum absolute atomic E-state index is 0.0346. The number of rotatable bonds is 10. The maximum atomic E-state index is 12.0. The van der Waals surface area contributed by atoms with E-state index in [-0.39, 0.29) is 11.9 Å². The molecule has 0 radical (unpaired) electrons. The van der Waals surface area contributed by atoms with E-state index in [9.17, 15) is 4.79 Å². The molecular formula is C17H27NO4S. The predicted molar refractivity (Wildman–Crippen MR) is 94.9 cm³/mol. The van der Waals surface area contributed by atoms with Gasteiger partial charge in [0.25, 0.3) is 0 Å². The lowest BCUT2D eigenvalue weighted by Crippen LogP contribution is -2.28. The van der Waals surface area contributed by atoms with Crippen molar-refractivity contribution in [3.8, 4) is 17.2 Å². The van der Waals surface area contributed by atoms with Crippen molar-refractivity contribution in [1.29, 1.82) is 0 Å². The summed E-state index contributed by atoms with van der Waals surface area (Å²) >= 11 is 1.66. The molecule has 1 amide bonds. The Kier molecular flexibility index (Phi) is 8.69. The lowest BCUT2D eigenvalue weighted by molar-refractivity contribution is -0.119. The fourth-order valence-electron chi connectivity index (χ4n) is 2.13. The van der Waals surface area contributed by atoms with Crippen molar-refractivity contribution in [2.75, 3.05) is 32.8 Å². The standard InChI is InChI=1S/C17H27NO4S/c1-6-7-8-23-11-16(19)18-12(2)13-9-14(20-3)17(22-5)15(10-13)21-4/h9-10,12H,6-8,11H2,1-5H3,(H,18,19)/t12-/m0/s1. The maximum absolute atomic E-state index is 12.0. The monoisotopic (exact) mass is 341 g/mol. The van der Waals surface area contributed by atoms with Gasteiger partial charge in [0.15, 0.2) is 11.5 Å². The number of hydrogen-bond donors (Lipinski definition) is 1. The second-order valence-electron chi connectivity index (χ2n) is 5.15. The molecule has 0 aliphatic carbocycles. The molecule has 1 rings (SSSR count). The fraction of sp³-hybridized carbons (Fsp3) is 0.588. The largest absolute Gasteiger partial charge is 0.493 e. The molecule has 130 valence electrons. The molecule has 0 fully saturated rings. The number of carbonyl (C=O) groups is 1. The summed E-state index contributed by atoms with van der Waals surface area (Å²) in [4.78, 5) is 12.0. The molecular weight excluding hydrogens is 314 g/mol. The molecule has 0 aromatic heterocycles. The van der Waals surface area contributed by atoms with Gasteiger partial charge in [0.1, 0.15) is 0 Å². The number of benzene rings is 1. The van der Waals surface area contributed by atoms with Gasteiger partial charge in [-0.25, -0.2) is 0 Å². The second-order valence-corrected chi connectivity index (χ2v) is 6.26. The zero-order valence-corrected chi connectivity index (χ0v) is 15.4. The van der Waals surface area contributed by atoms with E-state index in [1.807, 2.05) is 19.1 Å². The van der Waals surface area contributed by atoms with Crippen LogP contribution >= 0.6 is 11.8 Å². The van der Waals surface area contributed by atoms with Crippen LogP contribution < -0.4 is 19.5 Å². The number of ether oxygens (including phenoxy) is 3. The van der Waals surface area contributed by atoms with E-state index in [1.54, 1.807) is 33.1 Å². The molecule has 0 aliphatic rings. The number of thioether (sulfide) groups is 1. The van der Waals surface area contributed by atoms with Gasteiger partial charge in [-0.2, -0.15) is 11.8 Å². The highest BCUT2D eigenvalue weighted by molar-refractivity contribution is 7.99. The van der Waals surface area contributed by atoms with E-state index < -0.39 is 0 Å². The van der Waals surface area contributed by atoms with Crippen LogP contribution in [0.2, 0.25) is 0 Å². The van der Waals surface area contributed by atoms with Crippen LogP contribution in [0.4, 0.5) is 0 Å². The molecule has 0 aliphatic heterocycles. The molecule has 0 bridgehead atoms.